The van der Waals surface area contributed by atoms with Crippen LogP contribution >= 0.6 is 0 Å². The molecule has 1 atom stereocenters. The number of imide groups is 1. The smallest absolute Gasteiger partial charge is 0.264 e. The number of nitrogens with one attached hydrogen (secondary N) is 1. The van der Waals surface area contributed by atoms with Gasteiger partial charge >= 0.3 is 0 Å². The highest BCUT2D eigenvalue weighted by atomic mass is 32.2. The van der Waals surface area contributed by atoms with Crippen molar-refractivity contribution in [2.24, 2.45) is 0 Å². The number of methoxy groups -OCH3 is 2. The first-order valence-corrected chi connectivity index (χ1v) is 11.3. The Hall–Kier alpha value is -3.40. The average molecular weight is 446 g/mol. The third kappa shape index (κ3) is 4.38. The number of anilines is 1. The quantitative estimate of drug-likeness (QED) is 0.647. The Kier molecular flexibility index (Phi) is 6.03. The van der Waals surface area contributed by atoms with Crippen LogP contribution in [0, 0.1) is 0 Å². The van der Waals surface area contributed by atoms with E-state index in [1.54, 1.807) is 18.2 Å². The van der Waals surface area contributed by atoms with Gasteiger partial charge in [-0.2, -0.15) is 0 Å². The fourth-order valence-corrected chi connectivity index (χ4v) is 4.46. The SMILES string of the molecule is COc1ccc(C(CS(C)(=O)=O)N2C(=O)c3cccc(NC(C)=O)c3C2=O)cc1OC. The molecule has 3 rings (SSSR count). The topological polar surface area (TPSA) is 119 Å². The maximum Gasteiger partial charge on any atom is 0.264 e. The molecule has 1 heterocycles. The van der Waals surface area contributed by atoms with E-state index in [-0.39, 0.29) is 16.8 Å². The molecule has 1 unspecified atom stereocenters. The van der Waals surface area contributed by atoms with E-state index in [1.165, 1.54) is 39.3 Å². The van der Waals surface area contributed by atoms with E-state index >= 15 is 0 Å². The zero-order chi connectivity index (χ0) is 22.9. The molecule has 0 aliphatic carbocycles. The van der Waals surface area contributed by atoms with E-state index in [0.717, 1.165) is 11.2 Å². The van der Waals surface area contributed by atoms with Gasteiger partial charge in [-0.05, 0) is 29.8 Å². The summed E-state index contributed by atoms with van der Waals surface area (Å²) < 4.78 is 34.9. The Morgan fingerprint density at radius 3 is 2.32 bits per heavy atom. The van der Waals surface area contributed by atoms with E-state index in [1.807, 2.05) is 0 Å². The lowest BCUT2D eigenvalue weighted by molar-refractivity contribution is -0.114. The summed E-state index contributed by atoms with van der Waals surface area (Å²) in [5.41, 5.74) is 0.701. The molecular weight excluding hydrogens is 424 g/mol. The third-order valence-electron chi connectivity index (χ3n) is 4.82. The van der Waals surface area contributed by atoms with E-state index in [2.05, 4.69) is 5.32 Å². The number of fused-ring (bicyclic) bond motifs is 1. The molecule has 1 aliphatic heterocycles. The molecule has 1 N–H and O–H groups in total. The van der Waals surface area contributed by atoms with Gasteiger partial charge in [0.2, 0.25) is 5.91 Å². The number of nitrogens with zero attached hydrogens (tertiary/aromatic N) is 1. The number of hydrogen-bond acceptors (Lipinski definition) is 7. The number of rotatable bonds is 7. The van der Waals surface area contributed by atoms with Crippen LogP contribution in [0.25, 0.3) is 0 Å². The number of sulfone groups is 1. The van der Waals surface area contributed by atoms with Gasteiger partial charge in [-0.15, -0.1) is 0 Å². The molecule has 0 saturated heterocycles. The summed E-state index contributed by atoms with van der Waals surface area (Å²) in [6, 6.07) is 8.10. The van der Waals surface area contributed by atoms with Gasteiger partial charge in [0.15, 0.2) is 11.5 Å². The molecule has 9 nitrogen and oxygen atoms in total. The van der Waals surface area contributed by atoms with E-state index in [0.29, 0.717) is 17.1 Å². The van der Waals surface area contributed by atoms with Crippen molar-refractivity contribution in [1.29, 1.82) is 0 Å². The second kappa shape index (κ2) is 8.38. The van der Waals surface area contributed by atoms with Crippen LogP contribution in [0.5, 0.6) is 11.5 Å². The van der Waals surface area contributed by atoms with Crippen molar-refractivity contribution in [3.05, 3.63) is 53.1 Å². The first-order chi connectivity index (χ1) is 14.6. The Labute approximate surface area is 179 Å². The zero-order valence-corrected chi connectivity index (χ0v) is 18.3. The summed E-state index contributed by atoms with van der Waals surface area (Å²) in [7, 11) is -0.712. The standard InChI is InChI=1S/C21H22N2O7S/c1-12(24)22-15-7-5-6-14-19(15)21(26)23(20(14)25)16(11-31(4,27)28)13-8-9-17(29-2)18(10-13)30-3/h5-10,16H,11H2,1-4H3,(H,22,24). The van der Waals surface area contributed by atoms with Crippen molar-refractivity contribution in [3.63, 3.8) is 0 Å². The minimum absolute atomic E-state index is 0.0293. The van der Waals surface area contributed by atoms with Gasteiger partial charge in [-0.3, -0.25) is 19.3 Å². The molecule has 0 saturated carbocycles. The molecule has 0 fully saturated rings. The summed E-state index contributed by atoms with van der Waals surface area (Å²) >= 11 is 0. The van der Waals surface area contributed by atoms with Gasteiger partial charge in [0.05, 0.1) is 42.8 Å². The Morgan fingerprint density at radius 1 is 1.06 bits per heavy atom. The number of amides is 3. The van der Waals surface area contributed by atoms with Gasteiger partial charge < -0.3 is 14.8 Å². The van der Waals surface area contributed by atoms with Crippen LogP contribution in [0.15, 0.2) is 36.4 Å². The van der Waals surface area contributed by atoms with Gasteiger partial charge in [0.25, 0.3) is 11.8 Å². The number of hydrogen-bond donors (Lipinski definition) is 1. The molecule has 1 aliphatic rings. The molecule has 0 aromatic heterocycles. The lowest BCUT2D eigenvalue weighted by Gasteiger charge is -2.26. The van der Waals surface area contributed by atoms with E-state index in [4.69, 9.17) is 9.47 Å². The zero-order valence-electron chi connectivity index (χ0n) is 17.5. The summed E-state index contributed by atoms with van der Waals surface area (Å²) in [5.74, 6) is -1.47. The molecule has 0 spiro atoms. The van der Waals surface area contributed by atoms with Crippen LogP contribution in [0.2, 0.25) is 0 Å². The molecule has 2 aromatic carbocycles. The second-order valence-corrected chi connectivity index (χ2v) is 9.30. The molecule has 2 aromatic rings. The summed E-state index contributed by atoms with van der Waals surface area (Å²) in [6.45, 7) is 1.29. The summed E-state index contributed by atoms with van der Waals surface area (Å²) in [5, 5.41) is 2.54. The molecule has 0 bridgehead atoms. The predicted molar refractivity (Wildman–Crippen MR) is 113 cm³/mol. The van der Waals surface area contributed by atoms with Crippen LogP contribution in [0.3, 0.4) is 0 Å². The lowest BCUT2D eigenvalue weighted by atomic mass is 10.1. The third-order valence-corrected chi connectivity index (χ3v) is 5.74. The predicted octanol–water partition coefficient (Wildman–Crippen LogP) is 2.04. The fraction of sp³-hybridized carbons (Fsp3) is 0.286. The van der Waals surface area contributed by atoms with Crippen molar-refractivity contribution >= 4 is 33.2 Å². The molecular formula is C21H22N2O7S. The summed E-state index contributed by atoms with van der Waals surface area (Å²) in [4.78, 5) is 38.9. The minimum Gasteiger partial charge on any atom is -0.493 e. The first kappa shape index (κ1) is 22.3. The monoisotopic (exact) mass is 446 g/mol. The number of carbonyl (C=O) groups excluding carboxylic acids is 3. The fourth-order valence-electron chi connectivity index (χ4n) is 3.55. The highest BCUT2D eigenvalue weighted by Crippen LogP contribution is 2.38. The maximum atomic E-state index is 13.3. The van der Waals surface area contributed by atoms with Gasteiger partial charge in [0.1, 0.15) is 9.84 Å². The van der Waals surface area contributed by atoms with E-state index in [9.17, 15) is 22.8 Å². The normalized spacial score (nSPS) is 14.3. The van der Waals surface area contributed by atoms with Crippen LogP contribution in [0.4, 0.5) is 5.69 Å². The van der Waals surface area contributed by atoms with Gasteiger partial charge in [-0.1, -0.05) is 12.1 Å². The van der Waals surface area contributed by atoms with Crippen LogP contribution < -0.4 is 14.8 Å². The van der Waals surface area contributed by atoms with Gasteiger partial charge in [-0.25, -0.2) is 8.42 Å². The Bertz CT molecular complexity index is 1170. The second-order valence-electron chi connectivity index (χ2n) is 7.11. The molecule has 10 heteroatoms. The van der Waals surface area contributed by atoms with E-state index < -0.39 is 39.4 Å². The highest BCUT2D eigenvalue weighted by molar-refractivity contribution is 7.90. The molecule has 31 heavy (non-hydrogen) atoms. The maximum absolute atomic E-state index is 13.3. The highest BCUT2D eigenvalue weighted by Gasteiger charge is 2.43. The number of carbonyl (C=O) groups is 3. The van der Waals surface area contributed by atoms with Crippen LogP contribution in [-0.4, -0.2) is 57.3 Å². The van der Waals surface area contributed by atoms with Crippen LogP contribution in [0.1, 0.15) is 39.2 Å². The number of benzene rings is 2. The Morgan fingerprint density at radius 2 is 1.74 bits per heavy atom. The van der Waals surface area contributed by atoms with Crippen molar-refractivity contribution in [2.45, 2.75) is 13.0 Å². The Balaban J connectivity index is 2.14. The summed E-state index contributed by atoms with van der Waals surface area (Å²) in [6.07, 6.45) is 1.03. The lowest BCUT2D eigenvalue weighted by Crippen LogP contribution is -2.37. The van der Waals surface area contributed by atoms with Gasteiger partial charge in [0, 0.05) is 13.2 Å². The minimum atomic E-state index is -3.60. The molecule has 164 valence electrons. The molecule has 3 amide bonds. The van der Waals surface area contributed by atoms with Crippen molar-refractivity contribution < 1.29 is 32.3 Å². The molecule has 0 radical (unpaired) electrons. The number of ether oxygens (including phenoxy) is 2. The largest absolute Gasteiger partial charge is 0.493 e. The van der Waals surface area contributed by atoms with Crippen LogP contribution in [-0.2, 0) is 14.6 Å². The first-order valence-electron chi connectivity index (χ1n) is 9.25. The van der Waals surface area contributed by atoms with Crippen molar-refractivity contribution in [1.82, 2.24) is 4.90 Å². The van der Waals surface area contributed by atoms with Crippen molar-refractivity contribution in [3.8, 4) is 11.5 Å². The average Bonchev–Trinajstić information content (AvgIpc) is 2.96. The van der Waals surface area contributed by atoms with Crippen molar-refractivity contribution in [2.75, 3.05) is 31.5 Å².